The van der Waals surface area contributed by atoms with Gasteiger partial charge in [-0.3, -0.25) is 0 Å². The first-order valence-corrected chi connectivity index (χ1v) is 8.37. The lowest BCUT2D eigenvalue weighted by atomic mass is 10.0. The van der Waals surface area contributed by atoms with Gasteiger partial charge in [-0.2, -0.15) is 0 Å². The molecule has 1 N–H and O–H groups in total. The second-order valence-corrected chi connectivity index (χ2v) is 6.85. The molecule has 3 aliphatic rings. The quantitative estimate of drug-likeness (QED) is 0.772. The lowest BCUT2D eigenvalue weighted by Crippen LogP contribution is -2.36. The second-order valence-electron chi connectivity index (χ2n) is 6.85. The highest BCUT2D eigenvalue weighted by Gasteiger charge is 2.35. The second kappa shape index (κ2) is 6.38. The first kappa shape index (κ1) is 12.9. The van der Waals surface area contributed by atoms with Crippen LogP contribution in [-0.4, -0.2) is 37.1 Å². The predicted molar refractivity (Wildman–Crippen MR) is 76.8 cm³/mol. The van der Waals surface area contributed by atoms with Crippen molar-refractivity contribution in [2.45, 2.75) is 63.8 Å². The van der Waals surface area contributed by atoms with Crippen molar-refractivity contribution < 1.29 is 0 Å². The molecule has 18 heavy (non-hydrogen) atoms. The Balaban J connectivity index is 1.32. The van der Waals surface area contributed by atoms with E-state index in [1.807, 2.05) is 0 Å². The molecule has 2 aliphatic carbocycles. The molecule has 0 bridgehead atoms. The average Bonchev–Trinajstić information content (AvgIpc) is 2.83. The van der Waals surface area contributed by atoms with Crippen molar-refractivity contribution >= 4 is 0 Å². The third kappa shape index (κ3) is 3.27. The van der Waals surface area contributed by atoms with Gasteiger partial charge in [-0.1, -0.05) is 32.1 Å². The van der Waals surface area contributed by atoms with Crippen molar-refractivity contribution in [1.82, 2.24) is 10.2 Å². The summed E-state index contributed by atoms with van der Waals surface area (Å²) in [4.78, 5) is 2.72. The van der Waals surface area contributed by atoms with Gasteiger partial charge in [0.05, 0.1) is 0 Å². The molecule has 2 unspecified atom stereocenters. The summed E-state index contributed by atoms with van der Waals surface area (Å²) in [5.41, 5.74) is 0. The SMILES string of the molecule is C1CCCC(NCCN2CC3CCCC3C2)CC1. The Morgan fingerprint density at radius 3 is 2.11 bits per heavy atom. The van der Waals surface area contributed by atoms with Gasteiger partial charge in [0, 0.05) is 32.2 Å². The minimum absolute atomic E-state index is 0.828. The van der Waals surface area contributed by atoms with Gasteiger partial charge >= 0.3 is 0 Å². The molecule has 2 nitrogen and oxygen atoms in total. The summed E-state index contributed by atoms with van der Waals surface area (Å²) in [6.07, 6.45) is 13.2. The summed E-state index contributed by atoms with van der Waals surface area (Å²) in [6, 6.07) is 0.828. The van der Waals surface area contributed by atoms with Crippen LogP contribution in [0.1, 0.15) is 57.8 Å². The van der Waals surface area contributed by atoms with Crippen molar-refractivity contribution in [3.63, 3.8) is 0 Å². The Kier molecular flexibility index (Phi) is 4.58. The van der Waals surface area contributed by atoms with Crippen LogP contribution in [0.4, 0.5) is 0 Å². The number of rotatable bonds is 4. The van der Waals surface area contributed by atoms with Crippen LogP contribution in [-0.2, 0) is 0 Å². The summed E-state index contributed by atoms with van der Waals surface area (Å²) in [7, 11) is 0. The van der Waals surface area contributed by atoms with Gasteiger partial charge in [0.1, 0.15) is 0 Å². The molecule has 0 amide bonds. The van der Waals surface area contributed by atoms with Crippen molar-refractivity contribution in [1.29, 1.82) is 0 Å². The highest BCUT2D eigenvalue weighted by molar-refractivity contribution is 4.88. The smallest absolute Gasteiger partial charge is 0.0107 e. The maximum Gasteiger partial charge on any atom is 0.0107 e. The molecule has 2 saturated carbocycles. The summed E-state index contributed by atoms with van der Waals surface area (Å²) < 4.78 is 0. The summed E-state index contributed by atoms with van der Waals surface area (Å²) in [5.74, 6) is 2.12. The highest BCUT2D eigenvalue weighted by atomic mass is 15.2. The van der Waals surface area contributed by atoms with Gasteiger partial charge in [0.25, 0.3) is 0 Å². The van der Waals surface area contributed by atoms with Gasteiger partial charge in [0.15, 0.2) is 0 Å². The number of nitrogens with one attached hydrogen (secondary N) is 1. The van der Waals surface area contributed by atoms with E-state index in [-0.39, 0.29) is 0 Å². The molecule has 1 saturated heterocycles. The van der Waals surface area contributed by atoms with E-state index >= 15 is 0 Å². The van der Waals surface area contributed by atoms with Crippen LogP contribution >= 0.6 is 0 Å². The maximum atomic E-state index is 3.81. The minimum atomic E-state index is 0.828. The fraction of sp³-hybridized carbons (Fsp3) is 1.00. The number of hydrogen-bond donors (Lipinski definition) is 1. The molecular formula is C16H30N2. The Labute approximate surface area is 113 Å². The Morgan fingerprint density at radius 2 is 1.44 bits per heavy atom. The molecule has 104 valence electrons. The molecule has 2 heteroatoms. The van der Waals surface area contributed by atoms with Crippen LogP contribution in [0.15, 0.2) is 0 Å². The zero-order valence-corrected chi connectivity index (χ0v) is 11.9. The van der Waals surface area contributed by atoms with Crippen LogP contribution in [0.5, 0.6) is 0 Å². The first-order valence-electron chi connectivity index (χ1n) is 8.37. The molecular weight excluding hydrogens is 220 g/mol. The topological polar surface area (TPSA) is 15.3 Å². The van der Waals surface area contributed by atoms with Gasteiger partial charge < -0.3 is 10.2 Å². The van der Waals surface area contributed by atoms with Gasteiger partial charge in [-0.15, -0.1) is 0 Å². The molecule has 0 aromatic heterocycles. The molecule has 3 fully saturated rings. The Bertz CT molecular complexity index is 233. The molecule has 1 heterocycles. The van der Waals surface area contributed by atoms with E-state index in [9.17, 15) is 0 Å². The molecule has 1 aliphatic heterocycles. The van der Waals surface area contributed by atoms with Crippen LogP contribution in [0.25, 0.3) is 0 Å². The van der Waals surface area contributed by atoms with Crippen molar-refractivity contribution in [3.8, 4) is 0 Å². The molecule has 0 aromatic carbocycles. The van der Waals surface area contributed by atoms with E-state index in [0.29, 0.717) is 0 Å². The number of nitrogens with zero attached hydrogens (tertiary/aromatic N) is 1. The number of fused-ring (bicyclic) bond motifs is 1. The Hall–Kier alpha value is -0.0800. The van der Waals surface area contributed by atoms with Crippen LogP contribution in [0.2, 0.25) is 0 Å². The zero-order valence-electron chi connectivity index (χ0n) is 11.9. The van der Waals surface area contributed by atoms with Crippen LogP contribution < -0.4 is 5.32 Å². The Morgan fingerprint density at radius 1 is 0.778 bits per heavy atom. The molecule has 0 aromatic rings. The molecule has 0 spiro atoms. The van der Waals surface area contributed by atoms with E-state index < -0.39 is 0 Å². The third-order valence-electron chi connectivity index (χ3n) is 5.52. The van der Waals surface area contributed by atoms with Gasteiger partial charge in [0.2, 0.25) is 0 Å². The number of hydrogen-bond acceptors (Lipinski definition) is 2. The fourth-order valence-corrected chi connectivity index (χ4v) is 4.43. The first-order chi connectivity index (χ1) is 8.92. The van der Waals surface area contributed by atoms with Crippen LogP contribution in [0, 0.1) is 11.8 Å². The molecule has 3 rings (SSSR count). The standard InChI is InChI=1S/C16H30N2/c1-2-4-9-16(8-3-1)17-10-11-18-12-14-6-5-7-15(14)13-18/h14-17H,1-13H2. The third-order valence-corrected chi connectivity index (χ3v) is 5.52. The monoisotopic (exact) mass is 250 g/mol. The van der Waals surface area contributed by atoms with E-state index in [0.717, 1.165) is 17.9 Å². The lowest BCUT2D eigenvalue weighted by molar-refractivity contribution is 0.299. The molecule has 0 radical (unpaired) electrons. The van der Waals surface area contributed by atoms with Crippen LogP contribution in [0.3, 0.4) is 0 Å². The predicted octanol–water partition coefficient (Wildman–Crippen LogP) is 3.03. The zero-order chi connectivity index (χ0) is 12.2. The lowest BCUT2D eigenvalue weighted by Gasteiger charge is -2.20. The highest BCUT2D eigenvalue weighted by Crippen LogP contribution is 2.37. The summed E-state index contributed by atoms with van der Waals surface area (Å²) in [5, 5.41) is 3.81. The minimum Gasteiger partial charge on any atom is -0.313 e. The van der Waals surface area contributed by atoms with Gasteiger partial charge in [-0.25, -0.2) is 0 Å². The molecule has 2 atom stereocenters. The maximum absolute atomic E-state index is 3.81. The van der Waals surface area contributed by atoms with Crippen molar-refractivity contribution in [3.05, 3.63) is 0 Å². The van der Waals surface area contributed by atoms with E-state index in [1.54, 1.807) is 0 Å². The normalized spacial score (nSPS) is 34.7. The van der Waals surface area contributed by atoms with Crippen molar-refractivity contribution in [2.24, 2.45) is 11.8 Å². The summed E-state index contributed by atoms with van der Waals surface area (Å²) in [6.45, 7) is 5.32. The van der Waals surface area contributed by atoms with E-state index in [2.05, 4.69) is 10.2 Å². The summed E-state index contributed by atoms with van der Waals surface area (Å²) >= 11 is 0. The average molecular weight is 250 g/mol. The fourth-order valence-electron chi connectivity index (χ4n) is 4.43. The van der Waals surface area contributed by atoms with Crippen molar-refractivity contribution in [2.75, 3.05) is 26.2 Å². The van der Waals surface area contributed by atoms with E-state index in [1.165, 1.54) is 84.0 Å². The largest absolute Gasteiger partial charge is 0.313 e. The van der Waals surface area contributed by atoms with E-state index in [4.69, 9.17) is 0 Å². The van der Waals surface area contributed by atoms with Gasteiger partial charge in [-0.05, 0) is 37.5 Å². The number of likely N-dealkylation sites (tertiary alicyclic amines) is 1.